The van der Waals surface area contributed by atoms with Crippen molar-refractivity contribution in [1.29, 1.82) is 0 Å². The molecular formula is C67H128N2O6P+. The molecule has 0 aliphatic carbocycles. The first-order chi connectivity index (χ1) is 37.0. The van der Waals surface area contributed by atoms with Gasteiger partial charge in [0.15, 0.2) is 0 Å². The Labute approximate surface area is 472 Å². The van der Waals surface area contributed by atoms with Gasteiger partial charge in [0.25, 0.3) is 0 Å². The van der Waals surface area contributed by atoms with E-state index in [2.05, 4.69) is 79.9 Å². The highest BCUT2D eigenvalue weighted by atomic mass is 31.2. The molecule has 0 rings (SSSR count). The molecule has 0 aromatic rings. The monoisotopic (exact) mass is 1090 g/mol. The first-order valence-electron chi connectivity index (χ1n) is 32.7. The van der Waals surface area contributed by atoms with Crippen LogP contribution in [0.4, 0.5) is 0 Å². The van der Waals surface area contributed by atoms with E-state index in [-0.39, 0.29) is 19.1 Å². The first kappa shape index (κ1) is 74.2. The summed E-state index contributed by atoms with van der Waals surface area (Å²) in [6.45, 7) is 4.81. The Kier molecular flexibility index (Phi) is 56.5. The molecule has 1 amide bonds. The van der Waals surface area contributed by atoms with Gasteiger partial charge in [-0.25, -0.2) is 4.57 Å². The number of aliphatic hydroxyl groups excluding tert-OH is 1. The van der Waals surface area contributed by atoms with Crippen molar-refractivity contribution in [1.82, 2.24) is 5.32 Å². The Morgan fingerprint density at radius 2 is 0.789 bits per heavy atom. The summed E-state index contributed by atoms with van der Waals surface area (Å²) in [5.41, 5.74) is 0. The van der Waals surface area contributed by atoms with E-state index in [0.29, 0.717) is 23.9 Å². The number of aliphatic hydroxyl groups is 1. The van der Waals surface area contributed by atoms with Crippen molar-refractivity contribution in [2.75, 3.05) is 40.9 Å². The zero-order valence-electron chi connectivity index (χ0n) is 51.0. The number of likely N-dealkylation sites (N-methyl/N-ethyl adjacent to an activating group) is 1. The minimum absolute atomic E-state index is 0.0717. The lowest BCUT2D eigenvalue weighted by atomic mass is 10.0. The molecule has 0 aliphatic heterocycles. The summed E-state index contributed by atoms with van der Waals surface area (Å²) in [5, 5.41) is 14.1. The van der Waals surface area contributed by atoms with Gasteiger partial charge in [-0.1, -0.05) is 306 Å². The van der Waals surface area contributed by atoms with Crippen LogP contribution in [-0.2, 0) is 18.4 Å². The van der Waals surface area contributed by atoms with Crippen LogP contribution < -0.4 is 5.32 Å². The lowest BCUT2D eigenvalue weighted by Crippen LogP contribution is -2.46. The summed E-state index contributed by atoms with van der Waals surface area (Å²) in [7, 11) is 1.61. The third kappa shape index (κ3) is 59.9. The standard InChI is InChI=1S/C67H127N2O6P/c1-6-8-10-12-14-16-18-20-22-24-26-28-30-32-33-34-35-37-38-40-42-44-46-48-50-52-54-56-58-60-66(70)65(64-75-76(72,73)74-63-62-69(3,4)5)68-67(71)61-59-57-55-53-51-49-47-45-43-41-39-36-31-29-27-25-23-21-19-17-15-13-11-9-7-2/h9,11,15,17,21,23,27,29,36,39,65-66,70H,6-8,10,12-14,16,18-20,22,24-26,28,30-35,37-38,40-64H2,1-5H3,(H-,68,71,72,73)/p+1/b11-9-,17-15-,23-21-,29-27-,39-36-. The molecule has 0 heterocycles. The second kappa shape index (κ2) is 57.9. The summed E-state index contributed by atoms with van der Waals surface area (Å²) >= 11 is 0. The Balaban J connectivity index is 4.09. The van der Waals surface area contributed by atoms with Crippen LogP contribution in [0, 0.1) is 0 Å². The van der Waals surface area contributed by atoms with E-state index in [1.807, 2.05) is 21.1 Å². The van der Waals surface area contributed by atoms with Gasteiger partial charge in [0.1, 0.15) is 13.2 Å². The van der Waals surface area contributed by atoms with Crippen molar-refractivity contribution < 1.29 is 32.9 Å². The number of quaternary nitrogens is 1. The van der Waals surface area contributed by atoms with Crippen LogP contribution >= 0.6 is 7.82 Å². The van der Waals surface area contributed by atoms with Gasteiger partial charge in [0, 0.05) is 6.42 Å². The number of allylic oxidation sites excluding steroid dienone is 10. The van der Waals surface area contributed by atoms with Crippen LogP contribution in [0.15, 0.2) is 60.8 Å². The Bertz CT molecular complexity index is 1420. The van der Waals surface area contributed by atoms with E-state index in [1.165, 1.54) is 205 Å². The van der Waals surface area contributed by atoms with Gasteiger partial charge in [0.2, 0.25) is 5.91 Å². The maximum Gasteiger partial charge on any atom is 0.472 e. The summed E-state index contributed by atoms with van der Waals surface area (Å²) in [4.78, 5) is 23.4. The number of nitrogens with zero attached hydrogens (tertiary/aromatic N) is 1. The van der Waals surface area contributed by atoms with Crippen LogP contribution in [0.5, 0.6) is 0 Å². The predicted molar refractivity (Wildman–Crippen MR) is 332 cm³/mol. The molecule has 0 aromatic heterocycles. The van der Waals surface area contributed by atoms with Gasteiger partial charge in [-0.05, 0) is 57.8 Å². The molecule has 0 aromatic carbocycles. The second-order valence-corrected chi connectivity index (χ2v) is 24.9. The third-order valence-electron chi connectivity index (χ3n) is 14.8. The molecule has 3 atom stereocenters. The molecule has 3 N–H and O–H groups in total. The number of phosphoric ester groups is 1. The lowest BCUT2D eigenvalue weighted by Gasteiger charge is -2.26. The minimum Gasteiger partial charge on any atom is -0.391 e. The molecule has 3 unspecified atom stereocenters. The number of hydrogen-bond donors (Lipinski definition) is 3. The highest BCUT2D eigenvalue weighted by Crippen LogP contribution is 2.43. The number of carbonyl (C=O) groups excluding carboxylic acids is 1. The van der Waals surface area contributed by atoms with Crippen LogP contribution in [0.2, 0.25) is 0 Å². The van der Waals surface area contributed by atoms with E-state index < -0.39 is 20.0 Å². The molecule has 0 spiro atoms. The van der Waals surface area contributed by atoms with Crippen LogP contribution in [0.25, 0.3) is 0 Å². The van der Waals surface area contributed by atoms with Gasteiger partial charge < -0.3 is 19.8 Å². The molecule has 9 heteroatoms. The van der Waals surface area contributed by atoms with E-state index in [9.17, 15) is 19.4 Å². The lowest BCUT2D eigenvalue weighted by molar-refractivity contribution is -0.870. The number of amides is 1. The number of unbranched alkanes of at least 4 members (excludes halogenated alkanes) is 37. The first-order valence-corrected chi connectivity index (χ1v) is 34.1. The molecule has 0 saturated carbocycles. The van der Waals surface area contributed by atoms with Gasteiger partial charge in [0.05, 0.1) is 39.9 Å². The Morgan fingerprint density at radius 3 is 1.16 bits per heavy atom. The molecule has 0 aliphatic rings. The van der Waals surface area contributed by atoms with Crippen molar-refractivity contribution in [2.45, 2.75) is 321 Å². The summed E-state index contributed by atoms with van der Waals surface area (Å²) < 4.78 is 23.9. The van der Waals surface area contributed by atoms with E-state index in [0.717, 1.165) is 77.0 Å². The number of rotatable bonds is 60. The van der Waals surface area contributed by atoms with Crippen molar-refractivity contribution in [2.24, 2.45) is 0 Å². The SMILES string of the molecule is CC/C=C\C/C=C\C/C=C\C/C=C\C/C=C\CCCCCCCCCCCC(=O)NC(COP(=O)(O)OCC[N+](C)(C)C)C(O)CCCCCCCCCCCCCCCCCCCCCCCCCCCCCCC. The predicted octanol–water partition coefficient (Wildman–Crippen LogP) is 20.4. The largest absolute Gasteiger partial charge is 0.472 e. The van der Waals surface area contributed by atoms with Gasteiger partial charge in [-0.15, -0.1) is 0 Å². The van der Waals surface area contributed by atoms with Crippen LogP contribution in [0.1, 0.15) is 309 Å². The molecule has 446 valence electrons. The average molecular weight is 1090 g/mol. The topological polar surface area (TPSA) is 105 Å². The third-order valence-corrected chi connectivity index (χ3v) is 15.8. The van der Waals surface area contributed by atoms with Crippen molar-refractivity contribution in [3.8, 4) is 0 Å². The maximum atomic E-state index is 13.0. The Hall–Kier alpha value is -1.80. The Morgan fingerprint density at radius 1 is 0.461 bits per heavy atom. The van der Waals surface area contributed by atoms with Crippen molar-refractivity contribution in [3.05, 3.63) is 60.8 Å². The average Bonchev–Trinajstić information content (AvgIpc) is 3.38. The smallest absolute Gasteiger partial charge is 0.391 e. The fraction of sp³-hybridized carbons (Fsp3) is 0.836. The molecular weight excluding hydrogens is 960 g/mol. The summed E-state index contributed by atoms with van der Waals surface area (Å²) in [5.74, 6) is -0.149. The van der Waals surface area contributed by atoms with Crippen LogP contribution in [0.3, 0.4) is 0 Å². The molecule has 0 saturated heterocycles. The quantitative estimate of drug-likeness (QED) is 0.0243. The van der Waals surface area contributed by atoms with E-state index in [4.69, 9.17) is 9.05 Å². The second-order valence-electron chi connectivity index (χ2n) is 23.5. The zero-order valence-corrected chi connectivity index (χ0v) is 51.9. The summed E-state index contributed by atoms with van der Waals surface area (Å²) in [6.07, 6.45) is 78.7. The molecule has 8 nitrogen and oxygen atoms in total. The maximum absolute atomic E-state index is 13.0. The molecule has 76 heavy (non-hydrogen) atoms. The summed E-state index contributed by atoms with van der Waals surface area (Å²) in [6, 6.07) is -0.769. The van der Waals surface area contributed by atoms with Crippen LogP contribution in [-0.4, -0.2) is 73.4 Å². The normalized spacial score (nSPS) is 14.1. The van der Waals surface area contributed by atoms with Gasteiger partial charge >= 0.3 is 7.82 Å². The van der Waals surface area contributed by atoms with Gasteiger partial charge in [-0.3, -0.25) is 13.8 Å². The zero-order chi connectivity index (χ0) is 55.6. The number of hydrogen-bond acceptors (Lipinski definition) is 5. The van der Waals surface area contributed by atoms with E-state index in [1.54, 1.807) is 0 Å². The number of nitrogens with one attached hydrogen (secondary N) is 1. The molecule has 0 radical (unpaired) electrons. The van der Waals surface area contributed by atoms with Crippen molar-refractivity contribution >= 4 is 13.7 Å². The van der Waals surface area contributed by atoms with Crippen molar-refractivity contribution in [3.63, 3.8) is 0 Å². The highest BCUT2D eigenvalue weighted by Gasteiger charge is 2.28. The highest BCUT2D eigenvalue weighted by molar-refractivity contribution is 7.47. The van der Waals surface area contributed by atoms with Gasteiger partial charge in [-0.2, -0.15) is 0 Å². The fourth-order valence-corrected chi connectivity index (χ4v) is 10.5. The minimum atomic E-state index is -4.33. The number of carbonyl (C=O) groups is 1. The fourth-order valence-electron chi connectivity index (χ4n) is 9.72. The van der Waals surface area contributed by atoms with E-state index >= 15 is 0 Å². The molecule has 0 fully saturated rings. The number of phosphoric acid groups is 1. The molecule has 0 bridgehead atoms.